The van der Waals surface area contributed by atoms with Crippen molar-refractivity contribution in [2.45, 2.75) is 12.5 Å². The molecule has 7 nitrogen and oxygen atoms in total. The van der Waals surface area contributed by atoms with Crippen LogP contribution >= 0.6 is 0 Å². The van der Waals surface area contributed by atoms with Gasteiger partial charge in [0, 0.05) is 26.1 Å². The van der Waals surface area contributed by atoms with E-state index in [9.17, 15) is 0 Å². The van der Waals surface area contributed by atoms with Gasteiger partial charge in [-0.15, -0.1) is 0 Å². The van der Waals surface area contributed by atoms with E-state index in [1.807, 2.05) is 0 Å². The number of ether oxygens (including phenoxy) is 1. The van der Waals surface area contributed by atoms with Crippen LogP contribution in [-0.4, -0.2) is 33.8 Å². The summed E-state index contributed by atoms with van der Waals surface area (Å²) in [6.07, 6.45) is 3.85. The van der Waals surface area contributed by atoms with Crippen LogP contribution in [0.4, 0.5) is 0 Å². The number of methoxy groups -OCH3 is 1. The number of hydrogen-bond donors (Lipinski definition) is 1. The van der Waals surface area contributed by atoms with Gasteiger partial charge in [0.1, 0.15) is 0 Å². The first-order valence-electron chi connectivity index (χ1n) is 5.16. The van der Waals surface area contributed by atoms with E-state index in [0.717, 1.165) is 0 Å². The maximum absolute atomic E-state index is 5.86. The molecule has 17 heavy (non-hydrogen) atoms. The standard InChI is InChI=1S/C10H13N5O2/c1-16-6-3-7(11)10-14-9(15-17-10)8-12-4-2-5-13-8/h2,4-5,7H,3,6,11H2,1H3. The summed E-state index contributed by atoms with van der Waals surface area (Å²) in [5, 5.41) is 3.78. The Labute approximate surface area is 98.0 Å². The van der Waals surface area contributed by atoms with Gasteiger partial charge in [-0.25, -0.2) is 9.97 Å². The van der Waals surface area contributed by atoms with Crippen molar-refractivity contribution in [3.8, 4) is 11.6 Å². The molecule has 1 atom stereocenters. The van der Waals surface area contributed by atoms with Crippen molar-refractivity contribution in [2.24, 2.45) is 5.73 Å². The van der Waals surface area contributed by atoms with Gasteiger partial charge in [-0.2, -0.15) is 4.98 Å². The molecule has 0 aliphatic rings. The van der Waals surface area contributed by atoms with Gasteiger partial charge in [-0.1, -0.05) is 5.16 Å². The van der Waals surface area contributed by atoms with E-state index < -0.39 is 0 Å². The molecule has 2 aromatic rings. The lowest BCUT2D eigenvalue weighted by Gasteiger charge is -2.03. The molecule has 2 rings (SSSR count). The Morgan fingerprint density at radius 1 is 1.35 bits per heavy atom. The molecular formula is C10H13N5O2. The quantitative estimate of drug-likeness (QED) is 0.808. The minimum atomic E-state index is -0.333. The lowest BCUT2D eigenvalue weighted by molar-refractivity contribution is 0.182. The van der Waals surface area contributed by atoms with Crippen LogP contribution in [0.25, 0.3) is 11.6 Å². The molecule has 0 aliphatic carbocycles. The van der Waals surface area contributed by atoms with Gasteiger partial charge in [0.15, 0.2) is 0 Å². The smallest absolute Gasteiger partial charge is 0.244 e. The molecule has 0 fully saturated rings. The van der Waals surface area contributed by atoms with Crippen LogP contribution < -0.4 is 5.73 Å². The molecule has 0 spiro atoms. The normalized spacial score (nSPS) is 12.6. The minimum absolute atomic E-state index is 0.333. The van der Waals surface area contributed by atoms with Gasteiger partial charge in [0.05, 0.1) is 6.04 Å². The third-order valence-corrected chi connectivity index (χ3v) is 2.16. The summed E-state index contributed by atoms with van der Waals surface area (Å²) in [7, 11) is 1.61. The molecule has 2 aromatic heterocycles. The Bertz CT molecular complexity index is 459. The number of hydrogen-bond acceptors (Lipinski definition) is 7. The molecule has 0 aromatic carbocycles. The highest BCUT2D eigenvalue weighted by atomic mass is 16.5. The highest BCUT2D eigenvalue weighted by Crippen LogP contribution is 2.15. The summed E-state index contributed by atoms with van der Waals surface area (Å²) in [6.45, 7) is 0.542. The molecule has 0 aliphatic heterocycles. The van der Waals surface area contributed by atoms with Crippen LogP contribution in [0.5, 0.6) is 0 Å². The summed E-state index contributed by atoms with van der Waals surface area (Å²) in [5.74, 6) is 1.12. The van der Waals surface area contributed by atoms with Crippen molar-refractivity contribution in [3.63, 3.8) is 0 Å². The fourth-order valence-electron chi connectivity index (χ4n) is 1.26. The van der Waals surface area contributed by atoms with Crippen LogP contribution in [0.1, 0.15) is 18.4 Å². The number of nitrogens with zero attached hydrogens (tertiary/aromatic N) is 4. The topological polar surface area (TPSA) is 100.0 Å². The summed E-state index contributed by atoms with van der Waals surface area (Å²) < 4.78 is 9.99. The predicted molar refractivity (Wildman–Crippen MR) is 58.7 cm³/mol. The van der Waals surface area contributed by atoms with E-state index in [-0.39, 0.29) is 6.04 Å². The van der Waals surface area contributed by atoms with Crippen LogP contribution in [-0.2, 0) is 4.74 Å². The zero-order valence-corrected chi connectivity index (χ0v) is 9.41. The first-order valence-corrected chi connectivity index (χ1v) is 5.16. The maximum Gasteiger partial charge on any atom is 0.244 e. The third-order valence-electron chi connectivity index (χ3n) is 2.16. The van der Waals surface area contributed by atoms with Crippen molar-refractivity contribution in [3.05, 3.63) is 24.4 Å². The van der Waals surface area contributed by atoms with Crippen molar-refractivity contribution < 1.29 is 9.26 Å². The SMILES string of the molecule is COCCC(N)c1nc(-c2ncccn2)no1. The van der Waals surface area contributed by atoms with Gasteiger partial charge < -0.3 is 15.0 Å². The van der Waals surface area contributed by atoms with Gasteiger partial charge in [0.2, 0.25) is 17.5 Å². The average Bonchev–Trinajstić information content (AvgIpc) is 2.86. The minimum Gasteiger partial charge on any atom is -0.385 e. The summed E-state index contributed by atoms with van der Waals surface area (Å²) in [5.41, 5.74) is 5.86. The summed E-state index contributed by atoms with van der Waals surface area (Å²) >= 11 is 0. The van der Waals surface area contributed by atoms with E-state index in [1.54, 1.807) is 25.6 Å². The second kappa shape index (κ2) is 5.46. The molecule has 90 valence electrons. The summed E-state index contributed by atoms with van der Waals surface area (Å²) in [6, 6.07) is 1.38. The molecule has 0 saturated carbocycles. The largest absolute Gasteiger partial charge is 0.385 e. The van der Waals surface area contributed by atoms with Crippen LogP contribution in [0.15, 0.2) is 23.0 Å². The van der Waals surface area contributed by atoms with E-state index in [2.05, 4.69) is 20.1 Å². The Hall–Kier alpha value is -1.86. The van der Waals surface area contributed by atoms with Crippen molar-refractivity contribution in [1.82, 2.24) is 20.1 Å². The van der Waals surface area contributed by atoms with Crippen LogP contribution in [0, 0.1) is 0 Å². The number of aromatic nitrogens is 4. The monoisotopic (exact) mass is 235 g/mol. The molecule has 0 saturated heterocycles. The van der Waals surface area contributed by atoms with Gasteiger partial charge >= 0.3 is 0 Å². The Morgan fingerprint density at radius 2 is 2.12 bits per heavy atom. The molecular weight excluding hydrogens is 222 g/mol. The highest BCUT2D eigenvalue weighted by molar-refractivity contribution is 5.40. The average molecular weight is 235 g/mol. The van der Waals surface area contributed by atoms with Crippen molar-refractivity contribution in [2.75, 3.05) is 13.7 Å². The fourth-order valence-corrected chi connectivity index (χ4v) is 1.26. The molecule has 7 heteroatoms. The molecule has 0 bridgehead atoms. The second-order valence-electron chi connectivity index (χ2n) is 3.42. The zero-order valence-electron chi connectivity index (χ0n) is 9.41. The molecule has 0 radical (unpaired) electrons. The van der Waals surface area contributed by atoms with Crippen LogP contribution in [0.3, 0.4) is 0 Å². The van der Waals surface area contributed by atoms with Gasteiger partial charge in [-0.05, 0) is 12.5 Å². The van der Waals surface area contributed by atoms with E-state index in [0.29, 0.717) is 30.6 Å². The first-order chi connectivity index (χ1) is 8.31. The summed E-state index contributed by atoms with van der Waals surface area (Å²) in [4.78, 5) is 12.2. The lowest BCUT2D eigenvalue weighted by Crippen LogP contribution is -2.13. The van der Waals surface area contributed by atoms with E-state index in [4.69, 9.17) is 15.0 Å². The molecule has 1 unspecified atom stereocenters. The Balaban J connectivity index is 2.11. The first kappa shape index (κ1) is 11.6. The zero-order chi connectivity index (χ0) is 12.1. The number of rotatable bonds is 5. The predicted octanol–water partition coefficient (Wildman–Crippen LogP) is 0.563. The second-order valence-corrected chi connectivity index (χ2v) is 3.42. The Morgan fingerprint density at radius 3 is 2.82 bits per heavy atom. The lowest BCUT2D eigenvalue weighted by atomic mass is 10.2. The Kier molecular flexibility index (Phi) is 3.73. The number of nitrogens with two attached hydrogens (primary N) is 1. The molecule has 2 N–H and O–H groups in total. The molecule has 2 heterocycles. The maximum atomic E-state index is 5.86. The van der Waals surface area contributed by atoms with Crippen molar-refractivity contribution >= 4 is 0 Å². The molecule has 0 amide bonds. The van der Waals surface area contributed by atoms with E-state index >= 15 is 0 Å². The highest BCUT2D eigenvalue weighted by Gasteiger charge is 2.16. The van der Waals surface area contributed by atoms with Crippen LogP contribution in [0.2, 0.25) is 0 Å². The fraction of sp³-hybridized carbons (Fsp3) is 0.400. The van der Waals surface area contributed by atoms with E-state index in [1.165, 1.54) is 0 Å². The van der Waals surface area contributed by atoms with Gasteiger partial charge in [-0.3, -0.25) is 0 Å². The van der Waals surface area contributed by atoms with Crippen molar-refractivity contribution in [1.29, 1.82) is 0 Å². The third kappa shape index (κ3) is 2.83. The van der Waals surface area contributed by atoms with Gasteiger partial charge in [0.25, 0.3) is 0 Å².